The molecule has 2 aromatic rings. The minimum atomic E-state index is -0.379. The summed E-state index contributed by atoms with van der Waals surface area (Å²) in [7, 11) is 0. The molecule has 0 saturated carbocycles. The van der Waals surface area contributed by atoms with Crippen LogP contribution in [0, 0.1) is 5.92 Å². The molecule has 1 saturated heterocycles. The summed E-state index contributed by atoms with van der Waals surface area (Å²) in [5.41, 5.74) is 1.35. The first-order valence-corrected chi connectivity index (χ1v) is 8.98. The van der Waals surface area contributed by atoms with Crippen molar-refractivity contribution < 1.29 is 14.1 Å². The summed E-state index contributed by atoms with van der Waals surface area (Å²) < 4.78 is 5.24. The van der Waals surface area contributed by atoms with E-state index in [2.05, 4.69) is 29.3 Å². The number of nitrogens with zero attached hydrogens (tertiary/aromatic N) is 3. The maximum Gasteiger partial charge on any atom is 0.251 e. The fourth-order valence-electron chi connectivity index (χ4n) is 2.95. The minimum absolute atomic E-state index is 0.129. The zero-order valence-electron chi connectivity index (χ0n) is 15.4. The largest absolute Gasteiger partial charge is 0.341 e. The Morgan fingerprint density at radius 2 is 2.00 bits per heavy atom. The van der Waals surface area contributed by atoms with E-state index in [4.69, 9.17) is 4.52 Å². The standard InChI is InChI=1S/C19H24N4O3/c1-12(2)11-16-21-19(26-22-16)13(3)20-18(25)14-6-8-15(9-7-14)23-10-4-5-17(23)24/h6-9,12-13H,4-5,10-11H2,1-3H3,(H,20,25). The first kappa shape index (κ1) is 18.1. The zero-order valence-corrected chi connectivity index (χ0v) is 15.4. The van der Waals surface area contributed by atoms with Gasteiger partial charge in [-0.25, -0.2) is 0 Å². The number of aromatic nitrogens is 2. The van der Waals surface area contributed by atoms with Crippen LogP contribution in [0.15, 0.2) is 28.8 Å². The number of benzene rings is 1. The summed E-state index contributed by atoms with van der Waals surface area (Å²) in [4.78, 5) is 30.3. The van der Waals surface area contributed by atoms with Gasteiger partial charge in [-0.2, -0.15) is 4.98 Å². The van der Waals surface area contributed by atoms with Gasteiger partial charge < -0.3 is 14.7 Å². The van der Waals surface area contributed by atoms with Crippen molar-refractivity contribution in [3.05, 3.63) is 41.5 Å². The van der Waals surface area contributed by atoms with E-state index in [1.165, 1.54) is 0 Å². The van der Waals surface area contributed by atoms with Gasteiger partial charge in [0, 0.05) is 30.6 Å². The quantitative estimate of drug-likeness (QED) is 0.860. The number of amides is 2. The van der Waals surface area contributed by atoms with Crippen molar-refractivity contribution in [3.8, 4) is 0 Å². The normalized spacial score (nSPS) is 15.5. The molecule has 7 heteroatoms. The van der Waals surface area contributed by atoms with Crippen LogP contribution in [0.2, 0.25) is 0 Å². The van der Waals surface area contributed by atoms with E-state index in [-0.39, 0.29) is 17.9 Å². The Labute approximate surface area is 152 Å². The van der Waals surface area contributed by atoms with Crippen LogP contribution in [0.25, 0.3) is 0 Å². The van der Waals surface area contributed by atoms with Crippen molar-refractivity contribution in [2.45, 2.75) is 46.1 Å². The molecule has 1 fully saturated rings. The Hall–Kier alpha value is -2.70. The molecule has 0 radical (unpaired) electrons. The maximum atomic E-state index is 12.4. The van der Waals surface area contributed by atoms with E-state index in [9.17, 15) is 9.59 Å². The molecule has 1 aromatic carbocycles. The van der Waals surface area contributed by atoms with Crippen LogP contribution in [-0.4, -0.2) is 28.5 Å². The summed E-state index contributed by atoms with van der Waals surface area (Å²) in [6, 6.07) is 6.67. The molecule has 0 spiro atoms. The third kappa shape index (κ3) is 4.09. The Bertz CT molecular complexity index is 782. The van der Waals surface area contributed by atoms with Crippen molar-refractivity contribution in [2.24, 2.45) is 5.92 Å². The molecule has 1 aliphatic rings. The van der Waals surface area contributed by atoms with Gasteiger partial charge in [0.15, 0.2) is 5.82 Å². The predicted octanol–water partition coefficient (Wildman–Crippen LogP) is 2.89. The highest BCUT2D eigenvalue weighted by Gasteiger charge is 2.22. The second-order valence-electron chi connectivity index (χ2n) is 7.04. The Morgan fingerprint density at radius 3 is 2.62 bits per heavy atom. The van der Waals surface area contributed by atoms with E-state index in [1.54, 1.807) is 29.2 Å². The highest BCUT2D eigenvalue weighted by Crippen LogP contribution is 2.22. The third-order valence-corrected chi connectivity index (χ3v) is 4.31. The van der Waals surface area contributed by atoms with Crippen LogP contribution in [0.1, 0.15) is 61.7 Å². The van der Waals surface area contributed by atoms with Gasteiger partial charge in [-0.05, 0) is 43.5 Å². The number of rotatable bonds is 6. The molecule has 138 valence electrons. The van der Waals surface area contributed by atoms with Crippen LogP contribution in [0.3, 0.4) is 0 Å². The van der Waals surface area contributed by atoms with Crippen LogP contribution < -0.4 is 10.2 Å². The molecule has 26 heavy (non-hydrogen) atoms. The summed E-state index contributed by atoms with van der Waals surface area (Å²) >= 11 is 0. The van der Waals surface area contributed by atoms with Crippen molar-refractivity contribution in [1.29, 1.82) is 0 Å². The molecular formula is C19H24N4O3. The van der Waals surface area contributed by atoms with Gasteiger partial charge in [0.05, 0.1) is 0 Å². The number of anilines is 1. The van der Waals surface area contributed by atoms with E-state index < -0.39 is 0 Å². The van der Waals surface area contributed by atoms with E-state index >= 15 is 0 Å². The SMILES string of the molecule is CC(C)Cc1noc(C(C)NC(=O)c2ccc(N3CCCC3=O)cc2)n1. The molecule has 1 aliphatic heterocycles. The van der Waals surface area contributed by atoms with Crippen LogP contribution in [-0.2, 0) is 11.2 Å². The second kappa shape index (κ2) is 7.68. The average molecular weight is 356 g/mol. The number of nitrogens with one attached hydrogen (secondary N) is 1. The van der Waals surface area contributed by atoms with Crippen molar-refractivity contribution in [1.82, 2.24) is 15.5 Å². The van der Waals surface area contributed by atoms with Crippen molar-refractivity contribution >= 4 is 17.5 Å². The fraction of sp³-hybridized carbons (Fsp3) is 0.474. The number of carbonyl (C=O) groups is 2. The maximum absolute atomic E-state index is 12.4. The van der Waals surface area contributed by atoms with Gasteiger partial charge in [0.2, 0.25) is 11.8 Å². The molecule has 2 amide bonds. The van der Waals surface area contributed by atoms with Crippen LogP contribution in [0.4, 0.5) is 5.69 Å². The summed E-state index contributed by atoms with van der Waals surface area (Å²) in [6.45, 7) is 6.71. The van der Waals surface area contributed by atoms with Gasteiger partial charge >= 0.3 is 0 Å². The van der Waals surface area contributed by atoms with Gasteiger partial charge in [-0.15, -0.1) is 0 Å². The lowest BCUT2D eigenvalue weighted by Gasteiger charge is -2.16. The van der Waals surface area contributed by atoms with Gasteiger partial charge in [0.1, 0.15) is 6.04 Å². The highest BCUT2D eigenvalue weighted by molar-refractivity contribution is 5.97. The van der Waals surface area contributed by atoms with Gasteiger partial charge in [-0.1, -0.05) is 19.0 Å². The fourth-order valence-corrected chi connectivity index (χ4v) is 2.95. The van der Waals surface area contributed by atoms with E-state index in [1.807, 2.05) is 6.92 Å². The smallest absolute Gasteiger partial charge is 0.251 e. The predicted molar refractivity (Wildman–Crippen MR) is 96.8 cm³/mol. The molecule has 1 unspecified atom stereocenters. The lowest BCUT2D eigenvalue weighted by atomic mass is 10.1. The minimum Gasteiger partial charge on any atom is -0.341 e. The summed E-state index contributed by atoms with van der Waals surface area (Å²) in [5, 5.41) is 6.81. The molecule has 2 heterocycles. The average Bonchev–Trinajstić information content (AvgIpc) is 3.23. The lowest BCUT2D eigenvalue weighted by Crippen LogP contribution is -2.27. The van der Waals surface area contributed by atoms with Crippen molar-refractivity contribution in [2.75, 3.05) is 11.4 Å². The molecular weight excluding hydrogens is 332 g/mol. The molecule has 3 rings (SSSR count). The highest BCUT2D eigenvalue weighted by atomic mass is 16.5. The number of carbonyl (C=O) groups excluding carboxylic acids is 2. The molecule has 7 nitrogen and oxygen atoms in total. The lowest BCUT2D eigenvalue weighted by molar-refractivity contribution is -0.117. The molecule has 1 aromatic heterocycles. The van der Waals surface area contributed by atoms with E-state index in [0.717, 1.165) is 25.1 Å². The van der Waals surface area contributed by atoms with E-state index in [0.29, 0.717) is 29.6 Å². The number of hydrogen-bond acceptors (Lipinski definition) is 5. The van der Waals surface area contributed by atoms with Crippen LogP contribution in [0.5, 0.6) is 0 Å². The molecule has 0 aliphatic carbocycles. The third-order valence-electron chi connectivity index (χ3n) is 4.31. The topological polar surface area (TPSA) is 88.3 Å². The monoisotopic (exact) mass is 356 g/mol. The molecule has 0 bridgehead atoms. The second-order valence-corrected chi connectivity index (χ2v) is 7.04. The first-order chi connectivity index (χ1) is 12.4. The summed E-state index contributed by atoms with van der Waals surface area (Å²) in [6.07, 6.45) is 2.20. The van der Waals surface area contributed by atoms with Gasteiger partial charge in [0.25, 0.3) is 5.91 Å². The van der Waals surface area contributed by atoms with Crippen LogP contribution >= 0.6 is 0 Å². The Balaban J connectivity index is 1.62. The first-order valence-electron chi connectivity index (χ1n) is 8.98. The Morgan fingerprint density at radius 1 is 1.27 bits per heavy atom. The van der Waals surface area contributed by atoms with Crippen molar-refractivity contribution in [3.63, 3.8) is 0 Å². The zero-order chi connectivity index (χ0) is 18.7. The Kier molecular flexibility index (Phi) is 5.35. The summed E-state index contributed by atoms with van der Waals surface area (Å²) in [5.74, 6) is 1.39. The molecule has 1 atom stereocenters. The van der Waals surface area contributed by atoms with Gasteiger partial charge in [-0.3, -0.25) is 9.59 Å². The molecule has 1 N–H and O–H groups in total. The number of hydrogen-bond donors (Lipinski definition) is 1.